The molecule has 0 saturated heterocycles. The molecule has 0 aliphatic carbocycles. The van der Waals surface area contributed by atoms with Gasteiger partial charge in [-0.1, -0.05) is 24.3 Å². The van der Waals surface area contributed by atoms with E-state index in [1.807, 2.05) is 37.3 Å². The predicted molar refractivity (Wildman–Crippen MR) is 81.0 cm³/mol. The molecular weight excluding hydrogens is 264 g/mol. The fourth-order valence-electron chi connectivity index (χ4n) is 2.09. The second-order valence-electron chi connectivity index (χ2n) is 4.64. The standard InChI is InChI=1S/C17H16N2O2/c1-12(14-7-5-6-13(10-14)11-18)19-16-9-4-3-8-15(16)17(20)21-2/h3-10,12,19H,1-2H3. The third-order valence-corrected chi connectivity index (χ3v) is 3.22. The maximum Gasteiger partial charge on any atom is 0.339 e. The Balaban J connectivity index is 2.25. The molecule has 0 aliphatic rings. The lowest BCUT2D eigenvalue weighted by Gasteiger charge is -2.18. The molecule has 106 valence electrons. The molecule has 0 heterocycles. The van der Waals surface area contributed by atoms with Gasteiger partial charge in [-0.2, -0.15) is 5.26 Å². The van der Waals surface area contributed by atoms with E-state index in [1.54, 1.807) is 18.2 Å². The summed E-state index contributed by atoms with van der Waals surface area (Å²) in [4.78, 5) is 11.7. The van der Waals surface area contributed by atoms with E-state index in [0.717, 1.165) is 5.56 Å². The molecule has 21 heavy (non-hydrogen) atoms. The van der Waals surface area contributed by atoms with E-state index in [9.17, 15) is 4.79 Å². The predicted octanol–water partition coefficient (Wildman–Crippen LogP) is 3.52. The highest BCUT2D eigenvalue weighted by Gasteiger charge is 2.13. The normalized spacial score (nSPS) is 11.3. The van der Waals surface area contributed by atoms with Crippen molar-refractivity contribution in [2.45, 2.75) is 13.0 Å². The van der Waals surface area contributed by atoms with Crippen molar-refractivity contribution < 1.29 is 9.53 Å². The van der Waals surface area contributed by atoms with Crippen molar-refractivity contribution in [3.05, 3.63) is 65.2 Å². The molecule has 1 atom stereocenters. The molecule has 0 spiro atoms. The smallest absolute Gasteiger partial charge is 0.339 e. The number of esters is 1. The Hall–Kier alpha value is -2.80. The fraction of sp³-hybridized carbons (Fsp3) is 0.176. The Morgan fingerprint density at radius 1 is 1.24 bits per heavy atom. The average Bonchev–Trinajstić information content (AvgIpc) is 2.54. The molecule has 0 radical (unpaired) electrons. The highest BCUT2D eigenvalue weighted by atomic mass is 16.5. The number of nitrogens with one attached hydrogen (secondary N) is 1. The Labute approximate surface area is 124 Å². The van der Waals surface area contributed by atoms with Gasteiger partial charge in [0.1, 0.15) is 0 Å². The molecule has 2 aromatic carbocycles. The Bertz CT molecular complexity index is 689. The third kappa shape index (κ3) is 3.40. The SMILES string of the molecule is COC(=O)c1ccccc1NC(C)c1cccc(C#N)c1. The molecule has 0 amide bonds. The molecule has 0 aromatic heterocycles. The molecule has 4 heteroatoms. The van der Waals surface area contributed by atoms with E-state index in [-0.39, 0.29) is 12.0 Å². The van der Waals surface area contributed by atoms with E-state index in [2.05, 4.69) is 11.4 Å². The monoisotopic (exact) mass is 280 g/mol. The van der Waals surface area contributed by atoms with Crippen LogP contribution in [0.15, 0.2) is 48.5 Å². The molecule has 4 nitrogen and oxygen atoms in total. The number of para-hydroxylation sites is 1. The molecule has 2 aromatic rings. The minimum absolute atomic E-state index is 0.0379. The largest absolute Gasteiger partial charge is 0.465 e. The number of benzene rings is 2. The van der Waals surface area contributed by atoms with Crippen LogP contribution in [0.3, 0.4) is 0 Å². The van der Waals surface area contributed by atoms with Crippen molar-refractivity contribution in [1.29, 1.82) is 5.26 Å². The van der Waals surface area contributed by atoms with Gasteiger partial charge in [0, 0.05) is 11.7 Å². The minimum Gasteiger partial charge on any atom is -0.465 e. The molecule has 0 saturated carbocycles. The maximum absolute atomic E-state index is 11.7. The van der Waals surface area contributed by atoms with Crippen molar-refractivity contribution in [2.75, 3.05) is 12.4 Å². The van der Waals surface area contributed by atoms with Gasteiger partial charge in [0.15, 0.2) is 0 Å². The number of nitriles is 1. The summed E-state index contributed by atoms with van der Waals surface area (Å²) in [7, 11) is 1.36. The van der Waals surface area contributed by atoms with Crippen LogP contribution in [0.25, 0.3) is 0 Å². The summed E-state index contributed by atoms with van der Waals surface area (Å²) in [6, 6.07) is 16.7. The van der Waals surface area contributed by atoms with Crippen LogP contribution in [-0.4, -0.2) is 13.1 Å². The fourth-order valence-corrected chi connectivity index (χ4v) is 2.09. The topological polar surface area (TPSA) is 62.1 Å². The molecule has 2 rings (SSSR count). The first kappa shape index (κ1) is 14.6. The van der Waals surface area contributed by atoms with Crippen LogP contribution in [0.1, 0.15) is 34.5 Å². The summed E-state index contributed by atoms with van der Waals surface area (Å²) < 4.78 is 4.78. The quantitative estimate of drug-likeness (QED) is 0.870. The molecular formula is C17H16N2O2. The zero-order valence-corrected chi connectivity index (χ0v) is 12.0. The van der Waals surface area contributed by atoms with Gasteiger partial charge in [0.2, 0.25) is 0 Å². The molecule has 0 bridgehead atoms. The van der Waals surface area contributed by atoms with Crippen molar-refractivity contribution >= 4 is 11.7 Å². The van der Waals surface area contributed by atoms with Crippen molar-refractivity contribution in [2.24, 2.45) is 0 Å². The number of hydrogen-bond acceptors (Lipinski definition) is 4. The summed E-state index contributed by atoms with van der Waals surface area (Å²) in [5.74, 6) is -0.379. The molecule has 0 fully saturated rings. The van der Waals surface area contributed by atoms with E-state index in [0.29, 0.717) is 16.8 Å². The lowest BCUT2D eigenvalue weighted by Crippen LogP contribution is -2.11. The van der Waals surface area contributed by atoms with Crippen molar-refractivity contribution in [3.8, 4) is 6.07 Å². The second-order valence-corrected chi connectivity index (χ2v) is 4.64. The number of carbonyl (C=O) groups excluding carboxylic acids is 1. The van der Waals surface area contributed by atoms with Crippen LogP contribution in [0, 0.1) is 11.3 Å². The van der Waals surface area contributed by atoms with Gasteiger partial charge < -0.3 is 10.1 Å². The van der Waals surface area contributed by atoms with Crippen LogP contribution in [-0.2, 0) is 4.74 Å². The lowest BCUT2D eigenvalue weighted by molar-refractivity contribution is 0.0602. The molecule has 1 unspecified atom stereocenters. The minimum atomic E-state index is -0.379. The van der Waals surface area contributed by atoms with Crippen molar-refractivity contribution in [3.63, 3.8) is 0 Å². The van der Waals surface area contributed by atoms with Crippen LogP contribution in [0.2, 0.25) is 0 Å². The van der Waals surface area contributed by atoms with E-state index < -0.39 is 0 Å². The summed E-state index contributed by atoms with van der Waals surface area (Å²) in [5, 5.41) is 12.2. The Kier molecular flexibility index (Phi) is 4.57. The number of methoxy groups -OCH3 is 1. The molecule has 0 aliphatic heterocycles. The van der Waals surface area contributed by atoms with E-state index in [1.165, 1.54) is 7.11 Å². The zero-order chi connectivity index (χ0) is 15.2. The number of anilines is 1. The van der Waals surface area contributed by atoms with Crippen LogP contribution in [0.4, 0.5) is 5.69 Å². The third-order valence-electron chi connectivity index (χ3n) is 3.22. The highest BCUT2D eigenvalue weighted by molar-refractivity contribution is 5.95. The number of hydrogen-bond donors (Lipinski definition) is 1. The number of carbonyl (C=O) groups is 1. The van der Waals surface area contributed by atoms with Gasteiger partial charge in [-0.15, -0.1) is 0 Å². The Morgan fingerprint density at radius 2 is 2.00 bits per heavy atom. The van der Waals surface area contributed by atoms with Crippen LogP contribution >= 0.6 is 0 Å². The average molecular weight is 280 g/mol. The van der Waals surface area contributed by atoms with E-state index >= 15 is 0 Å². The maximum atomic E-state index is 11.7. The van der Waals surface area contributed by atoms with Gasteiger partial charge >= 0.3 is 5.97 Å². The summed E-state index contributed by atoms with van der Waals surface area (Å²) >= 11 is 0. The first-order valence-corrected chi connectivity index (χ1v) is 6.59. The van der Waals surface area contributed by atoms with Gasteiger partial charge in [-0.25, -0.2) is 4.79 Å². The zero-order valence-electron chi connectivity index (χ0n) is 12.0. The first-order valence-electron chi connectivity index (χ1n) is 6.59. The first-order chi connectivity index (χ1) is 10.2. The number of ether oxygens (including phenoxy) is 1. The lowest BCUT2D eigenvalue weighted by atomic mass is 10.0. The summed E-state index contributed by atoms with van der Waals surface area (Å²) in [6.45, 7) is 1.98. The van der Waals surface area contributed by atoms with Crippen LogP contribution in [0.5, 0.6) is 0 Å². The second kappa shape index (κ2) is 6.58. The number of nitrogens with zero attached hydrogens (tertiary/aromatic N) is 1. The summed E-state index contributed by atoms with van der Waals surface area (Å²) in [6.07, 6.45) is 0. The van der Waals surface area contributed by atoms with Crippen molar-refractivity contribution in [1.82, 2.24) is 0 Å². The van der Waals surface area contributed by atoms with Gasteiger partial charge in [0.05, 0.1) is 24.3 Å². The van der Waals surface area contributed by atoms with Crippen LogP contribution < -0.4 is 5.32 Å². The van der Waals surface area contributed by atoms with Gasteiger partial charge in [-0.3, -0.25) is 0 Å². The highest BCUT2D eigenvalue weighted by Crippen LogP contribution is 2.23. The van der Waals surface area contributed by atoms with Gasteiger partial charge in [-0.05, 0) is 36.8 Å². The van der Waals surface area contributed by atoms with Gasteiger partial charge in [0.25, 0.3) is 0 Å². The number of rotatable bonds is 4. The summed E-state index contributed by atoms with van der Waals surface area (Å²) in [5.41, 5.74) is 2.79. The molecule has 1 N–H and O–H groups in total. The Morgan fingerprint density at radius 3 is 2.71 bits per heavy atom. The van der Waals surface area contributed by atoms with E-state index in [4.69, 9.17) is 10.00 Å².